The van der Waals surface area contributed by atoms with Crippen molar-refractivity contribution in [1.82, 2.24) is 5.32 Å². The first-order valence-corrected chi connectivity index (χ1v) is 5.89. The Balaban J connectivity index is 2.75. The SMILES string of the molecule is Cc1cc(O)cc(C)c1C[C@H](N)C(=O)NCCO. The number of aryl methyl sites for hydroxylation is 2. The van der Waals surface area contributed by atoms with Gasteiger partial charge < -0.3 is 21.3 Å². The van der Waals surface area contributed by atoms with Crippen molar-refractivity contribution >= 4 is 5.91 Å². The van der Waals surface area contributed by atoms with Gasteiger partial charge in [-0.05, 0) is 49.1 Å². The van der Waals surface area contributed by atoms with Crippen LogP contribution in [0.5, 0.6) is 5.75 Å². The summed E-state index contributed by atoms with van der Waals surface area (Å²) in [5.74, 6) is -0.0667. The van der Waals surface area contributed by atoms with Gasteiger partial charge in [-0.1, -0.05) is 0 Å². The number of hydrogen-bond donors (Lipinski definition) is 4. The minimum Gasteiger partial charge on any atom is -0.508 e. The van der Waals surface area contributed by atoms with E-state index in [-0.39, 0.29) is 24.8 Å². The fourth-order valence-corrected chi connectivity index (χ4v) is 1.92. The molecule has 0 unspecified atom stereocenters. The molecule has 0 saturated carbocycles. The lowest BCUT2D eigenvalue weighted by Crippen LogP contribution is -2.43. The van der Waals surface area contributed by atoms with Gasteiger partial charge in [0.15, 0.2) is 0 Å². The fourth-order valence-electron chi connectivity index (χ4n) is 1.92. The van der Waals surface area contributed by atoms with Crippen molar-refractivity contribution in [2.24, 2.45) is 5.73 Å². The fraction of sp³-hybridized carbons (Fsp3) is 0.462. The number of aromatic hydroxyl groups is 1. The number of nitrogens with one attached hydrogen (secondary N) is 1. The summed E-state index contributed by atoms with van der Waals surface area (Å²) >= 11 is 0. The first kappa shape index (κ1) is 14.5. The van der Waals surface area contributed by atoms with Gasteiger partial charge in [-0.3, -0.25) is 4.79 Å². The van der Waals surface area contributed by atoms with Crippen LogP contribution in [0.25, 0.3) is 0 Å². The van der Waals surface area contributed by atoms with Crippen molar-refractivity contribution in [1.29, 1.82) is 0 Å². The third kappa shape index (κ3) is 3.72. The maximum absolute atomic E-state index is 11.6. The summed E-state index contributed by atoms with van der Waals surface area (Å²) in [5, 5.41) is 20.6. The van der Waals surface area contributed by atoms with E-state index in [1.807, 2.05) is 13.8 Å². The van der Waals surface area contributed by atoms with Crippen LogP contribution in [0, 0.1) is 13.8 Å². The summed E-state index contributed by atoms with van der Waals surface area (Å²) in [5.41, 5.74) is 8.61. The van der Waals surface area contributed by atoms with Crippen molar-refractivity contribution in [3.8, 4) is 5.75 Å². The Hall–Kier alpha value is -1.59. The molecular weight excluding hydrogens is 232 g/mol. The molecule has 1 aromatic rings. The van der Waals surface area contributed by atoms with Gasteiger partial charge in [-0.25, -0.2) is 0 Å². The van der Waals surface area contributed by atoms with Gasteiger partial charge in [0.25, 0.3) is 0 Å². The van der Waals surface area contributed by atoms with Gasteiger partial charge >= 0.3 is 0 Å². The molecule has 0 spiro atoms. The van der Waals surface area contributed by atoms with Crippen LogP contribution >= 0.6 is 0 Å². The van der Waals surface area contributed by atoms with Crippen LogP contribution in [-0.2, 0) is 11.2 Å². The smallest absolute Gasteiger partial charge is 0.237 e. The van der Waals surface area contributed by atoms with Gasteiger partial charge in [0.1, 0.15) is 5.75 Å². The van der Waals surface area contributed by atoms with Gasteiger partial charge in [-0.15, -0.1) is 0 Å². The molecule has 5 heteroatoms. The number of phenolic OH excluding ortho intramolecular Hbond substituents is 1. The van der Waals surface area contributed by atoms with E-state index in [1.165, 1.54) is 0 Å². The summed E-state index contributed by atoms with van der Waals surface area (Å²) < 4.78 is 0. The van der Waals surface area contributed by atoms with Crippen LogP contribution in [-0.4, -0.2) is 35.3 Å². The van der Waals surface area contributed by atoms with Crippen LogP contribution in [0.2, 0.25) is 0 Å². The molecule has 1 aromatic carbocycles. The molecule has 0 aliphatic carbocycles. The largest absolute Gasteiger partial charge is 0.508 e. The van der Waals surface area contributed by atoms with Crippen LogP contribution in [0.3, 0.4) is 0 Å². The molecule has 0 fully saturated rings. The predicted octanol–water partition coefficient (Wildman–Crippen LogP) is -0.0127. The number of carbonyl (C=O) groups excluding carboxylic acids is 1. The first-order chi connectivity index (χ1) is 8.45. The van der Waals surface area contributed by atoms with Gasteiger partial charge in [-0.2, -0.15) is 0 Å². The van der Waals surface area contributed by atoms with Gasteiger partial charge in [0, 0.05) is 6.54 Å². The Kier molecular flexibility index (Phi) is 5.12. The third-order valence-corrected chi connectivity index (χ3v) is 2.85. The summed E-state index contributed by atoms with van der Waals surface area (Å²) in [4.78, 5) is 11.6. The molecule has 0 bridgehead atoms. The van der Waals surface area contributed by atoms with E-state index in [9.17, 15) is 9.90 Å². The van der Waals surface area contributed by atoms with E-state index in [0.29, 0.717) is 6.42 Å². The average Bonchev–Trinajstić information content (AvgIpc) is 2.30. The molecule has 1 amide bonds. The maximum Gasteiger partial charge on any atom is 0.237 e. The molecule has 0 radical (unpaired) electrons. The predicted molar refractivity (Wildman–Crippen MR) is 69.4 cm³/mol. The minimum absolute atomic E-state index is 0.101. The average molecular weight is 252 g/mol. The molecule has 100 valence electrons. The molecule has 0 aliphatic rings. The Morgan fingerprint density at radius 2 is 1.94 bits per heavy atom. The highest BCUT2D eigenvalue weighted by atomic mass is 16.3. The zero-order valence-electron chi connectivity index (χ0n) is 10.7. The number of phenols is 1. The summed E-state index contributed by atoms with van der Waals surface area (Å²) in [7, 11) is 0. The van der Waals surface area contributed by atoms with E-state index < -0.39 is 6.04 Å². The number of carbonyl (C=O) groups is 1. The van der Waals surface area contributed by atoms with Crippen molar-refractivity contribution in [2.75, 3.05) is 13.2 Å². The number of hydrogen-bond acceptors (Lipinski definition) is 4. The maximum atomic E-state index is 11.6. The Morgan fingerprint density at radius 1 is 1.39 bits per heavy atom. The summed E-state index contributed by atoms with van der Waals surface area (Å²) in [6.45, 7) is 3.86. The van der Waals surface area contributed by atoms with Crippen LogP contribution in [0.15, 0.2) is 12.1 Å². The van der Waals surface area contributed by atoms with Crippen molar-refractivity contribution in [3.05, 3.63) is 28.8 Å². The lowest BCUT2D eigenvalue weighted by Gasteiger charge is -2.15. The number of aliphatic hydroxyl groups is 1. The normalized spacial score (nSPS) is 12.2. The second-order valence-corrected chi connectivity index (χ2v) is 4.38. The molecule has 0 saturated heterocycles. The number of amides is 1. The number of rotatable bonds is 5. The molecule has 0 aromatic heterocycles. The Bertz CT molecular complexity index is 409. The highest BCUT2D eigenvalue weighted by Gasteiger charge is 2.16. The molecule has 18 heavy (non-hydrogen) atoms. The second-order valence-electron chi connectivity index (χ2n) is 4.38. The number of aliphatic hydroxyl groups excluding tert-OH is 1. The molecule has 0 heterocycles. The first-order valence-electron chi connectivity index (χ1n) is 5.89. The second kappa shape index (κ2) is 6.37. The van der Waals surface area contributed by atoms with Crippen molar-refractivity contribution in [3.63, 3.8) is 0 Å². The molecule has 1 rings (SSSR count). The lowest BCUT2D eigenvalue weighted by atomic mass is 9.96. The molecule has 0 aliphatic heterocycles. The Labute approximate surface area is 107 Å². The monoisotopic (exact) mass is 252 g/mol. The highest BCUT2D eigenvalue weighted by molar-refractivity contribution is 5.81. The quantitative estimate of drug-likeness (QED) is 0.592. The molecule has 1 atom stereocenters. The van der Waals surface area contributed by atoms with Gasteiger partial charge in [0.05, 0.1) is 12.6 Å². The van der Waals surface area contributed by atoms with E-state index in [1.54, 1.807) is 12.1 Å². The van der Waals surface area contributed by atoms with Crippen LogP contribution in [0.1, 0.15) is 16.7 Å². The lowest BCUT2D eigenvalue weighted by molar-refractivity contribution is -0.122. The van der Waals surface area contributed by atoms with Gasteiger partial charge in [0.2, 0.25) is 5.91 Å². The number of benzene rings is 1. The Morgan fingerprint density at radius 3 is 2.44 bits per heavy atom. The number of nitrogens with two attached hydrogens (primary N) is 1. The minimum atomic E-state index is -0.654. The zero-order valence-corrected chi connectivity index (χ0v) is 10.7. The van der Waals surface area contributed by atoms with Crippen LogP contribution in [0.4, 0.5) is 0 Å². The van der Waals surface area contributed by atoms with E-state index in [0.717, 1.165) is 16.7 Å². The van der Waals surface area contributed by atoms with E-state index in [2.05, 4.69) is 5.32 Å². The summed E-state index contributed by atoms with van der Waals surface area (Å²) in [6, 6.07) is 2.65. The molecule has 5 N–H and O–H groups in total. The summed E-state index contributed by atoms with van der Waals surface area (Å²) in [6.07, 6.45) is 0.412. The van der Waals surface area contributed by atoms with Crippen molar-refractivity contribution < 1.29 is 15.0 Å². The zero-order chi connectivity index (χ0) is 13.7. The topological polar surface area (TPSA) is 95.6 Å². The molecular formula is C13H20N2O3. The molecule has 5 nitrogen and oxygen atoms in total. The third-order valence-electron chi connectivity index (χ3n) is 2.85. The van der Waals surface area contributed by atoms with E-state index >= 15 is 0 Å². The van der Waals surface area contributed by atoms with Crippen LogP contribution < -0.4 is 11.1 Å². The standard InChI is InChI=1S/C13H20N2O3/c1-8-5-10(17)6-9(2)11(8)7-12(14)13(18)15-3-4-16/h5-6,12,16-17H,3-4,7,14H2,1-2H3,(H,15,18)/t12-/m0/s1. The van der Waals surface area contributed by atoms with Crippen molar-refractivity contribution in [2.45, 2.75) is 26.3 Å². The highest BCUT2D eigenvalue weighted by Crippen LogP contribution is 2.21. The van der Waals surface area contributed by atoms with E-state index in [4.69, 9.17) is 10.8 Å².